The Bertz CT molecular complexity index is 300. The van der Waals surface area contributed by atoms with E-state index in [0.29, 0.717) is 6.04 Å². The van der Waals surface area contributed by atoms with Crippen molar-refractivity contribution in [2.75, 3.05) is 6.54 Å². The normalized spacial score (nSPS) is 20.4. The summed E-state index contributed by atoms with van der Waals surface area (Å²) in [5.74, 6) is 0.761. The molecule has 0 amide bonds. The zero-order valence-electron chi connectivity index (χ0n) is 9.52. The first-order valence-corrected chi connectivity index (χ1v) is 6.01. The van der Waals surface area contributed by atoms with Gasteiger partial charge in [-0.05, 0) is 25.7 Å². The number of nitrogens with two attached hydrogens (primary N) is 1. The Morgan fingerprint density at radius 2 is 2.20 bits per heavy atom. The van der Waals surface area contributed by atoms with Crippen LogP contribution in [0, 0.1) is 12.8 Å². The maximum absolute atomic E-state index is 5.92. The Morgan fingerprint density at radius 3 is 2.73 bits per heavy atom. The molecule has 3 heteroatoms. The highest BCUT2D eigenvalue weighted by atomic mass is 15.1. The van der Waals surface area contributed by atoms with Crippen molar-refractivity contribution in [1.82, 2.24) is 9.55 Å². The number of rotatable bonds is 3. The fraction of sp³-hybridized carbons (Fsp3) is 0.750. The zero-order valence-corrected chi connectivity index (χ0v) is 9.52. The van der Waals surface area contributed by atoms with E-state index in [4.69, 9.17) is 5.73 Å². The largest absolute Gasteiger partial charge is 0.330 e. The summed E-state index contributed by atoms with van der Waals surface area (Å²) < 4.78 is 2.26. The summed E-state index contributed by atoms with van der Waals surface area (Å²) in [7, 11) is 0. The van der Waals surface area contributed by atoms with Crippen molar-refractivity contribution in [3.8, 4) is 0 Å². The third-order valence-electron chi connectivity index (χ3n) is 3.65. The Morgan fingerprint density at radius 1 is 1.47 bits per heavy atom. The number of imidazole rings is 1. The first-order valence-electron chi connectivity index (χ1n) is 6.01. The number of nitrogens with zero attached hydrogens (tertiary/aromatic N) is 2. The summed E-state index contributed by atoms with van der Waals surface area (Å²) in [6.07, 6.45) is 10.7. The van der Waals surface area contributed by atoms with Crippen molar-refractivity contribution >= 4 is 0 Å². The predicted molar refractivity (Wildman–Crippen MR) is 61.6 cm³/mol. The Balaban J connectivity index is 2.12. The standard InChI is InChI=1S/C12H21N3/c1-10-8-14-9-15(10)12(7-13)11-5-3-2-4-6-11/h8-9,11-12H,2-7,13H2,1H3. The second kappa shape index (κ2) is 4.79. The molecule has 2 N–H and O–H groups in total. The third-order valence-corrected chi connectivity index (χ3v) is 3.65. The van der Waals surface area contributed by atoms with Gasteiger partial charge in [-0.25, -0.2) is 4.98 Å². The first-order chi connectivity index (χ1) is 7.33. The predicted octanol–water partition coefficient (Wildman–Crippen LogP) is 2.27. The van der Waals surface area contributed by atoms with Crippen LogP contribution < -0.4 is 5.73 Å². The van der Waals surface area contributed by atoms with Crippen molar-refractivity contribution in [2.24, 2.45) is 11.7 Å². The van der Waals surface area contributed by atoms with Gasteiger partial charge in [0.05, 0.1) is 6.33 Å². The molecule has 2 rings (SSSR count). The van der Waals surface area contributed by atoms with Gasteiger partial charge in [0.1, 0.15) is 0 Å². The van der Waals surface area contributed by atoms with Gasteiger partial charge in [-0.3, -0.25) is 0 Å². The molecule has 1 saturated carbocycles. The zero-order chi connectivity index (χ0) is 10.7. The molecule has 1 fully saturated rings. The van der Waals surface area contributed by atoms with Gasteiger partial charge >= 0.3 is 0 Å². The fourth-order valence-corrected chi connectivity index (χ4v) is 2.77. The van der Waals surface area contributed by atoms with Gasteiger partial charge < -0.3 is 10.3 Å². The lowest BCUT2D eigenvalue weighted by atomic mass is 9.83. The van der Waals surface area contributed by atoms with E-state index in [1.54, 1.807) is 0 Å². The van der Waals surface area contributed by atoms with Gasteiger partial charge in [0, 0.05) is 24.5 Å². The van der Waals surface area contributed by atoms with Crippen LogP contribution in [0.2, 0.25) is 0 Å². The van der Waals surface area contributed by atoms with Crippen LogP contribution in [-0.4, -0.2) is 16.1 Å². The van der Waals surface area contributed by atoms with Crippen LogP contribution in [0.5, 0.6) is 0 Å². The molecular weight excluding hydrogens is 186 g/mol. The van der Waals surface area contributed by atoms with E-state index in [1.165, 1.54) is 37.8 Å². The summed E-state index contributed by atoms with van der Waals surface area (Å²) in [6.45, 7) is 2.85. The van der Waals surface area contributed by atoms with Gasteiger partial charge in [-0.2, -0.15) is 0 Å². The van der Waals surface area contributed by atoms with Gasteiger partial charge in [0.25, 0.3) is 0 Å². The minimum absolute atomic E-state index is 0.466. The van der Waals surface area contributed by atoms with Gasteiger partial charge in [0.15, 0.2) is 0 Å². The fourth-order valence-electron chi connectivity index (χ4n) is 2.77. The van der Waals surface area contributed by atoms with Crippen LogP contribution >= 0.6 is 0 Å². The molecule has 0 saturated heterocycles. The van der Waals surface area contributed by atoms with Crippen molar-refractivity contribution < 1.29 is 0 Å². The molecule has 3 nitrogen and oxygen atoms in total. The van der Waals surface area contributed by atoms with Crippen molar-refractivity contribution in [1.29, 1.82) is 0 Å². The van der Waals surface area contributed by atoms with Crippen LogP contribution in [0.4, 0.5) is 0 Å². The highest BCUT2D eigenvalue weighted by molar-refractivity contribution is 4.98. The van der Waals surface area contributed by atoms with E-state index in [-0.39, 0.29) is 0 Å². The average molecular weight is 207 g/mol. The Hall–Kier alpha value is -0.830. The SMILES string of the molecule is Cc1cncn1C(CN)C1CCCCC1. The Kier molecular flexibility index (Phi) is 3.41. The molecule has 1 heterocycles. The second-order valence-electron chi connectivity index (χ2n) is 4.64. The average Bonchev–Trinajstić information content (AvgIpc) is 2.68. The molecule has 1 aromatic heterocycles. The van der Waals surface area contributed by atoms with Gasteiger partial charge in [0.2, 0.25) is 0 Å². The lowest BCUT2D eigenvalue weighted by Gasteiger charge is -2.31. The number of aryl methyl sites for hydroxylation is 1. The van der Waals surface area contributed by atoms with E-state index < -0.39 is 0 Å². The molecule has 1 aliphatic carbocycles. The molecular formula is C12H21N3. The van der Waals surface area contributed by atoms with E-state index in [0.717, 1.165) is 12.5 Å². The van der Waals surface area contributed by atoms with E-state index in [1.807, 2.05) is 12.5 Å². The van der Waals surface area contributed by atoms with Crippen molar-refractivity contribution in [3.05, 3.63) is 18.2 Å². The number of aromatic nitrogens is 2. The lowest BCUT2D eigenvalue weighted by molar-refractivity contribution is 0.251. The molecule has 1 aromatic rings. The molecule has 1 atom stereocenters. The number of hydrogen-bond donors (Lipinski definition) is 1. The summed E-state index contributed by atoms with van der Waals surface area (Å²) in [5, 5.41) is 0. The van der Waals surface area contributed by atoms with Crippen molar-refractivity contribution in [2.45, 2.75) is 45.1 Å². The van der Waals surface area contributed by atoms with Crippen molar-refractivity contribution in [3.63, 3.8) is 0 Å². The molecule has 1 aliphatic rings. The quantitative estimate of drug-likeness (QED) is 0.826. The van der Waals surface area contributed by atoms with Gasteiger partial charge in [-0.15, -0.1) is 0 Å². The molecule has 0 aromatic carbocycles. The maximum atomic E-state index is 5.92. The third kappa shape index (κ3) is 2.23. The van der Waals surface area contributed by atoms with Crippen LogP contribution in [0.25, 0.3) is 0 Å². The summed E-state index contributed by atoms with van der Waals surface area (Å²) in [4.78, 5) is 4.19. The molecule has 1 unspecified atom stereocenters. The van der Waals surface area contributed by atoms with Crippen LogP contribution in [0.15, 0.2) is 12.5 Å². The highest BCUT2D eigenvalue weighted by Crippen LogP contribution is 2.32. The molecule has 15 heavy (non-hydrogen) atoms. The molecule has 84 valence electrons. The maximum Gasteiger partial charge on any atom is 0.0951 e. The van der Waals surface area contributed by atoms with E-state index in [9.17, 15) is 0 Å². The van der Waals surface area contributed by atoms with Gasteiger partial charge in [-0.1, -0.05) is 19.3 Å². The summed E-state index contributed by atoms with van der Waals surface area (Å²) >= 11 is 0. The smallest absolute Gasteiger partial charge is 0.0951 e. The summed E-state index contributed by atoms with van der Waals surface area (Å²) in [5.41, 5.74) is 7.15. The minimum atomic E-state index is 0.466. The molecule has 0 spiro atoms. The second-order valence-corrected chi connectivity index (χ2v) is 4.64. The minimum Gasteiger partial charge on any atom is -0.330 e. The molecule has 0 bridgehead atoms. The van der Waals surface area contributed by atoms with Crippen LogP contribution in [-0.2, 0) is 0 Å². The molecule has 0 radical (unpaired) electrons. The Labute approximate surface area is 91.7 Å². The highest BCUT2D eigenvalue weighted by Gasteiger charge is 2.24. The first kappa shape index (κ1) is 10.7. The van der Waals surface area contributed by atoms with Crippen LogP contribution in [0.1, 0.15) is 43.8 Å². The molecule has 0 aliphatic heterocycles. The van der Waals surface area contributed by atoms with E-state index in [2.05, 4.69) is 16.5 Å². The number of hydrogen-bond acceptors (Lipinski definition) is 2. The lowest BCUT2D eigenvalue weighted by Crippen LogP contribution is -2.28. The summed E-state index contributed by atoms with van der Waals surface area (Å²) in [6, 6.07) is 0.466. The van der Waals surface area contributed by atoms with Crippen LogP contribution in [0.3, 0.4) is 0 Å². The van der Waals surface area contributed by atoms with E-state index >= 15 is 0 Å². The topological polar surface area (TPSA) is 43.8 Å². The monoisotopic (exact) mass is 207 g/mol.